The number of furan rings is 2. The number of hydrogen-bond acceptors (Lipinski definition) is 5. The van der Waals surface area contributed by atoms with Crippen LogP contribution in [-0.2, 0) is 0 Å². The summed E-state index contributed by atoms with van der Waals surface area (Å²) < 4.78 is 18.6. The van der Waals surface area contributed by atoms with Crippen molar-refractivity contribution in [2.45, 2.75) is 0 Å². The summed E-state index contributed by atoms with van der Waals surface area (Å²) >= 11 is 0. The average molecular weight is 742 g/mol. The second kappa shape index (κ2) is 10.8. The van der Waals surface area contributed by atoms with E-state index in [0.29, 0.717) is 17.5 Å². The van der Waals surface area contributed by atoms with Crippen LogP contribution in [0.25, 0.3) is 133 Å². The summed E-state index contributed by atoms with van der Waals surface area (Å²) in [6, 6.07) is 56.8. The lowest BCUT2D eigenvalue weighted by Gasteiger charge is -2.09. The second-order valence-electron chi connectivity index (χ2n) is 15.1. The summed E-state index contributed by atoms with van der Waals surface area (Å²) in [5, 5.41) is 9.14. The van der Waals surface area contributed by atoms with E-state index in [0.717, 1.165) is 82.8 Å². The van der Waals surface area contributed by atoms with Crippen LogP contribution < -0.4 is 0 Å². The van der Waals surface area contributed by atoms with Gasteiger partial charge < -0.3 is 17.8 Å². The third kappa shape index (κ3) is 3.80. The van der Waals surface area contributed by atoms with Gasteiger partial charge in [0, 0.05) is 48.8 Å². The highest BCUT2D eigenvalue weighted by Crippen LogP contribution is 2.49. The molecule has 7 nitrogen and oxygen atoms in total. The highest BCUT2D eigenvalue weighted by molar-refractivity contribution is 6.37. The SMILES string of the molecule is c1ccc(-c2nc(-c3ccccc3)nc(-c3cccc4c3oc3c(-n5c6ccc7oc8ccc9c%10ccccc%10n%10c%11cccc5c%11c6c7c8c9%10)cccc34)n2)cc1. The zero-order chi connectivity index (χ0) is 37.6. The Hall–Kier alpha value is -8.03. The molecule has 0 amide bonds. The smallest absolute Gasteiger partial charge is 0.167 e. The van der Waals surface area contributed by atoms with Gasteiger partial charge in [0.1, 0.15) is 16.7 Å². The van der Waals surface area contributed by atoms with Crippen molar-refractivity contribution in [3.8, 4) is 39.9 Å². The largest absolute Gasteiger partial charge is 0.456 e. The number of benzene rings is 8. The van der Waals surface area contributed by atoms with Crippen molar-refractivity contribution >= 4 is 93.0 Å². The molecule has 0 N–H and O–H groups in total. The van der Waals surface area contributed by atoms with Crippen molar-refractivity contribution in [3.63, 3.8) is 0 Å². The van der Waals surface area contributed by atoms with Crippen LogP contribution in [0.4, 0.5) is 0 Å². The lowest BCUT2D eigenvalue weighted by molar-refractivity contribution is 0.667. The van der Waals surface area contributed by atoms with Gasteiger partial charge in [0.05, 0.1) is 44.2 Å². The fourth-order valence-corrected chi connectivity index (χ4v) is 9.71. The first-order chi connectivity index (χ1) is 28.8. The predicted molar refractivity (Wildman–Crippen MR) is 233 cm³/mol. The second-order valence-corrected chi connectivity index (χ2v) is 15.1. The van der Waals surface area contributed by atoms with Crippen LogP contribution in [0.3, 0.4) is 0 Å². The number of nitrogens with zero attached hydrogens (tertiary/aromatic N) is 5. The molecule has 0 aliphatic rings. The molecule has 6 heterocycles. The molecule has 0 unspecified atom stereocenters. The van der Waals surface area contributed by atoms with Crippen molar-refractivity contribution in [2.24, 2.45) is 0 Å². The summed E-state index contributed by atoms with van der Waals surface area (Å²) in [5.74, 6) is 1.77. The van der Waals surface area contributed by atoms with E-state index in [2.05, 4.69) is 106 Å². The zero-order valence-electron chi connectivity index (χ0n) is 30.6. The molecule has 8 aromatic carbocycles. The topological polar surface area (TPSA) is 74.3 Å². The quantitative estimate of drug-likeness (QED) is 0.180. The Morgan fingerprint density at radius 1 is 0.362 bits per heavy atom. The molecule has 6 aromatic heterocycles. The molecule has 14 rings (SSSR count). The average Bonchev–Trinajstić information content (AvgIpc) is 4.02. The molecule has 0 saturated carbocycles. The van der Waals surface area contributed by atoms with Gasteiger partial charge in [0.2, 0.25) is 0 Å². The van der Waals surface area contributed by atoms with E-state index >= 15 is 0 Å². The van der Waals surface area contributed by atoms with Crippen molar-refractivity contribution in [1.82, 2.24) is 23.9 Å². The maximum atomic E-state index is 7.11. The summed E-state index contributed by atoms with van der Waals surface area (Å²) in [5.41, 5.74) is 12.6. The Balaban J connectivity index is 1.08. The van der Waals surface area contributed by atoms with Gasteiger partial charge in [0.25, 0.3) is 0 Å². The number of rotatable bonds is 4. The predicted octanol–water partition coefficient (Wildman–Crippen LogP) is 13.2. The normalized spacial score (nSPS) is 12.5. The van der Waals surface area contributed by atoms with Crippen LogP contribution in [-0.4, -0.2) is 23.9 Å². The molecular weight excluding hydrogens is 715 g/mol. The summed E-state index contributed by atoms with van der Waals surface area (Å²) in [4.78, 5) is 15.1. The Morgan fingerprint density at radius 3 is 1.78 bits per heavy atom. The van der Waals surface area contributed by atoms with Crippen LogP contribution in [0.15, 0.2) is 173 Å². The van der Waals surface area contributed by atoms with Gasteiger partial charge in [-0.25, -0.2) is 15.0 Å². The fraction of sp³-hybridized carbons (Fsp3) is 0. The van der Waals surface area contributed by atoms with E-state index in [1.807, 2.05) is 66.7 Å². The van der Waals surface area contributed by atoms with Gasteiger partial charge in [-0.3, -0.25) is 0 Å². The van der Waals surface area contributed by atoms with Crippen LogP contribution in [0, 0.1) is 0 Å². The van der Waals surface area contributed by atoms with Gasteiger partial charge in [0.15, 0.2) is 23.1 Å². The third-order valence-electron chi connectivity index (χ3n) is 12.1. The van der Waals surface area contributed by atoms with Crippen LogP contribution in [0.5, 0.6) is 0 Å². The fourth-order valence-electron chi connectivity index (χ4n) is 9.71. The first kappa shape index (κ1) is 30.2. The van der Waals surface area contributed by atoms with Gasteiger partial charge in [-0.15, -0.1) is 0 Å². The van der Waals surface area contributed by atoms with Gasteiger partial charge in [-0.2, -0.15) is 0 Å². The molecule has 0 spiro atoms. The van der Waals surface area contributed by atoms with E-state index in [9.17, 15) is 0 Å². The van der Waals surface area contributed by atoms with Gasteiger partial charge in [-0.05, 0) is 54.6 Å². The third-order valence-corrected chi connectivity index (χ3v) is 12.1. The van der Waals surface area contributed by atoms with Crippen LogP contribution in [0.1, 0.15) is 0 Å². The number of fused-ring (bicyclic) bond motifs is 7. The highest BCUT2D eigenvalue weighted by atomic mass is 16.3. The van der Waals surface area contributed by atoms with Gasteiger partial charge in [-0.1, -0.05) is 109 Å². The number of hydrogen-bond donors (Lipinski definition) is 0. The van der Waals surface area contributed by atoms with Crippen molar-refractivity contribution < 1.29 is 8.83 Å². The zero-order valence-corrected chi connectivity index (χ0v) is 30.6. The number of aromatic nitrogens is 5. The van der Waals surface area contributed by atoms with E-state index < -0.39 is 0 Å². The van der Waals surface area contributed by atoms with Crippen molar-refractivity contribution in [2.75, 3.05) is 0 Å². The summed E-state index contributed by atoms with van der Waals surface area (Å²) in [6.45, 7) is 0. The minimum atomic E-state index is 0.554. The molecule has 14 aromatic rings. The molecule has 268 valence electrons. The van der Waals surface area contributed by atoms with Crippen molar-refractivity contribution in [3.05, 3.63) is 164 Å². The minimum Gasteiger partial charge on any atom is -0.456 e. The highest BCUT2D eigenvalue weighted by Gasteiger charge is 2.27. The summed E-state index contributed by atoms with van der Waals surface area (Å²) in [6.07, 6.45) is 0. The summed E-state index contributed by atoms with van der Waals surface area (Å²) in [7, 11) is 0. The molecule has 0 atom stereocenters. The minimum absolute atomic E-state index is 0.554. The molecular formula is C51H27N5O2. The first-order valence-electron chi connectivity index (χ1n) is 19.5. The van der Waals surface area contributed by atoms with E-state index in [-0.39, 0.29) is 0 Å². The molecule has 0 saturated heterocycles. The Kier molecular flexibility index (Phi) is 5.65. The van der Waals surface area contributed by atoms with Crippen LogP contribution in [0.2, 0.25) is 0 Å². The monoisotopic (exact) mass is 741 g/mol. The molecule has 58 heavy (non-hydrogen) atoms. The molecule has 0 radical (unpaired) electrons. The molecule has 0 fully saturated rings. The Morgan fingerprint density at radius 2 is 0.966 bits per heavy atom. The van der Waals surface area contributed by atoms with Crippen molar-refractivity contribution in [1.29, 1.82) is 0 Å². The lowest BCUT2D eigenvalue weighted by atomic mass is 10.0. The standard InChI is InChI=1S/C51H27N5O2/c1-3-12-28(13-4-1)49-52-50(29-14-5-2-6-15-29)54-51(53-49)34-19-9-17-32-33-18-10-23-39(48(33)58-47(32)34)55-36-21-11-22-37-42(36)43-38(55)25-27-40-44(43)45-41(57-40)26-24-31-30-16-7-8-20-35(30)56(37)46(31)45/h1-27H. The van der Waals surface area contributed by atoms with E-state index in [4.69, 9.17) is 23.8 Å². The van der Waals surface area contributed by atoms with Gasteiger partial charge >= 0.3 is 0 Å². The van der Waals surface area contributed by atoms with Crippen LogP contribution >= 0.6 is 0 Å². The maximum Gasteiger partial charge on any atom is 0.167 e. The lowest BCUT2D eigenvalue weighted by Crippen LogP contribution is -2.00. The first-order valence-corrected chi connectivity index (χ1v) is 19.5. The Bertz CT molecular complexity index is 3910. The van der Waals surface area contributed by atoms with E-state index in [1.54, 1.807) is 0 Å². The molecule has 0 bridgehead atoms. The molecule has 0 aliphatic carbocycles. The molecule has 0 aliphatic heterocycles. The number of para-hydroxylation sites is 3. The van der Waals surface area contributed by atoms with E-state index in [1.165, 1.54) is 32.6 Å². The maximum absolute atomic E-state index is 7.11. The molecule has 7 heteroatoms. The Labute approximate surface area is 328 Å².